The van der Waals surface area contributed by atoms with Crippen LogP contribution in [-0.2, 0) is 11.2 Å². The molecule has 1 aromatic heterocycles. The van der Waals surface area contributed by atoms with Crippen LogP contribution in [0.15, 0.2) is 42.5 Å². The summed E-state index contributed by atoms with van der Waals surface area (Å²) in [6.45, 7) is 0. The molecule has 18 heavy (non-hydrogen) atoms. The topological polar surface area (TPSA) is 68.0 Å². The molecule has 0 bridgehead atoms. The molecule has 0 aliphatic heterocycles. The quantitative estimate of drug-likeness (QED) is 0.659. The molecule has 0 radical (unpaired) electrons. The van der Waals surface area contributed by atoms with Gasteiger partial charge in [-0.15, -0.1) is 0 Å². The number of aromatic nitrogens is 1. The monoisotopic (exact) mass is 261 g/mol. The fourth-order valence-corrected chi connectivity index (χ4v) is 1.70. The van der Waals surface area contributed by atoms with Gasteiger partial charge < -0.3 is 11.1 Å². The van der Waals surface area contributed by atoms with E-state index in [1.54, 1.807) is 24.3 Å². The van der Waals surface area contributed by atoms with Crippen LogP contribution < -0.4 is 11.1 Å². The van der Waals surface area contributed by atoms with E-state index in [4.69, 9.17) is 17.3 Å². The first-order valence-electron chi connectivity index (χ1n) is 5.41. The average Bonchev–Trinajstić information content (AvgIpc) is 2.32. The summed E-state index contributed by atoms with van der Waals surface area (Å²) in [5.41, 5.74) is 7.16. The third-order valence-corrected chi connectivity index (χ3v) is 2.60. The number of benzene rings is 1. The largest absolute Gasteiger partial charge is 0.398 e. The van der Waals surface area contributed by atoms with Gasteiger partial charge in [0.25, 0.3) is 0 Å². The van der Waals surface area contributed by atoms with E-state index in [1.165, 1.54) is 0 Å². The Bertz CT molecular complexity index is 572. The Labute approximate surface area is 110 Å². The second-order valence-corrected chi connectivity index (χ2v) is 4.16. The van der Waals surface area contributed by atoms with E-state index in [0.717, 1.165) is 5.56 Å². The first-order chi connectivity index (χ1) is 8.65. The van der Waals surface area contributed by atoms with Gasteiger partial charge in [0.05, 0.1) is 6.42 Å². The van der Waals surface area contributed by atoms with E-state index in [0.29, 0.717) is 16.7 Å². The molecule has 0 spiro atoms. The molecule has 2 aromatic rings. The lowest BCUT2D eigenvalue weighted by Gasteiger charge is -2.06. The molecule has 1 aromatic carbocycles. The van der Waals surface area contributed by atoms with Crippen molar-refractivity contribution < 1.29 is 4.79 Å². The lowest BCUT2D eigenvalue weighted by molar-refractivity contribution is -0.115. The van der Waals surface area contributed by atoms with E-state index < -0.39 is 0 Å². The fourth-order valence-electron chi connectivity index (χ4n) is 1.53. The number of hydrogen-bond donors (Lipinski definition) is 2. The van der Waals surface area contributed by atoms with Crippen LogP contribution in [0.4, 0.5) is 11.5 Å². The lowest BCUT2D eigenvalue weighted by Crippen LogP contribution is -2.16. The lowest BCUT2D eigenvalue weighted by atomic mass is 10.1. The van der Waals surface area contributed by atoms with Crippen LogP contribution >= 0.6 is 11.6 Å². The maximum Gasteiger partial charge on any atom is 0.230 e. The van der Waals surface area contributed by atoms with E-state index >= 15 is 0 Å². The Balaban J connectivity index is 2.03. The minimum atomic E-state index is -0.178. The Morgan fingerprint density at radius 2 is 2.00 bits per heavy atom. The average molecular weight is 262 g/mol. The molecule has 0 aliphatic carbocycles. The third kappa shape index (κ3) is 3.21. The molecule has 0 saturated heterocycles. The van der Waals surface area contributed by atoms with Crippen LogP contribution in [0.3, 0.4) is 0 Å². The minimum Gasteiger partial charge on any atom is -0.398 e. The number of nitrogens with zero attached hydrogens (tertiary/aromatic N) is 1. The summed E-state index contributed by atoms with van der Waals surface area (Å²) in [6.07, 6.45) is 0.209. The van der Waals surface area contributed by atoms with Crippen molar-refractivity contribution in [3.63, 3.8) is 0 Å². The molecular formula is C13H12ClN3O. The first kappa shape index (κ1) is 12.4. The van der Waals surface area contributed by atoms with Crippen LogP contribution in [0.5, 0.6) is 0 Å². The van der Waals surface area contributed by atoms with E-state index in [-0.39, 0.29) is 12.3 Å². The molecule has 2 rings (SSSR count). The van der Waals surface area contributed by atoms with Gasteiger partial charge in [-0.3, -0.25) is 4.79 Å². The van der Waals surface area contributed by atoms with Crippen molar-refractivity contribution in [3.05, 3.63) is 53.2 Å². The number of amides is 1. The summed E-state index contributed by atoms with van der Waals surface area (Å²) in [5.74, 6) is 0.254. The molecule has 4 nitrogen and oxygen atoms in total. The number of pyridine rings is 1. The standard InChI is InChI=1S/C13H12ClN3O/c14-11-6-3-7-12(16-11)17-13(18)8-9-4-1-2-5-10(9)15/h1-7H,8,15H2,(H,16,17,18). The number of nitrogens with two attached hydrogens (primary N) is 1. The van der Waals surface area contributed by atoms with Gasteiger partial charge in [-0.05, 0) is 23.8 Å². The highest BCUT2D eigenvalue weighted by Gasteiger charge is 2.07. The smallest absolute Gasteiger partial charge is 0.230 e. The fraction of sp³-hybridized carbons (Fsp3) is 0.0769. The molecule has 0 saturated carbocycles. The molecule has 1 heterocycles. The summed E-state index contributed by atoms with van der Waals surface area (Å²) in [5, 5.41) is 3.01. The van der Waals surface area contributed by atoms with Crippen molar-refractivity contribution in [1.29, 1.82) is 0 Å². The van der Waals surface area contributed by atoms with Gasteiger partial charge in [0, 0.05) is 5.69 Å². The zero-order valence-corrected chi connectivity index (χ0v) is 10.3. The van der Waals surface area contributed by atoms with Crippen molar-refractivity contribution in [3.8, 4) is 0 Å². The van der Waals surface area contributed by atoms with Gasteiger partial charge in [0.15, 0.2) is 0 Å². The predicted molar refractivity (Wildman–Crippen MR) is 72.4 cm³/mol. The summed E-state index contributed by atoms with van der Waals surface area (Å²) in [4.78, 5) is 15.8. The number of hydrogen-bond acceptors (Lipinski definition) is 3. The van der Waals surface area contributed by atoms with Gasteiger partial charge in [-0.25, -0.2) is 4.98 Å². The molecule has 92 valence electrons. The molecule has 0 unspecified atom stereocenters. The van der Waals surface area contributed by atoms with E-state index in [9.17, 15) is 4.79 Å². The predicted octanol–water partition coefficient (Wildman–Crippen LogP) is 2.50. The highest BCUT2D eigenvalue weighted by molar-refractivity contribution is 6.29. The van der Waals surface area contributed by atoms with Crippen molar-refractivity contribution in [2.45, 2.75) is 6.42 Å². The molecule has 1 amide bonds. The van der Waals surface area contributed by atoms with Crippen molar-refractivity contribution in [1.82, 2.24) is 4.98 Å². The highest BCUT2D eigenvalue weighted by atomic mass is 35.5. The van der Waals surface area contributed by atoms with Crippen molar-refractivity contribution in [2.24, 2.45) is 0 Å². The Morgan fingerprint density at radius 3 is 2.72 bits per heavy atom. The molecule has 5 heteroatoms. The number of nitrogens with one attached hydrogen (secondary N) is 1. The number of nitrogen functional groups attached to an aromatic ring is 1. The van der Waals surface area contributed by atoms with Crippen LogP contribution in [-0.4, -0.2) is 10.9 Å². The molecule has 0 aliphatic rings. The number of carbonyl (C=O) groups is 1. The SMILES string of the molecule is Nc1ccccc1CC(=O)Nc1cccc(Cl)n1. The first-order valence-corrected chi connectivity index (χ1v) is 5.79. The number of rotatable bonds is 3. The zero-order valence-electron chi connectivity index (χ0n) is 9.56. The second-order valence-electron chi connectivity index (χ2n) is 3.77. The Morgan fingerprint density at radius 1 is 1.22 bits per heavy atom. The van der Waals surface area contributed by atoms with E-state index in [2.05, 4.69) is 10.3 Å². The zero-order chi connectivity index (χ0) is 13.0. The number of carbonyl (C=O) groups excluding carboxylic acids is 1. The molecule has 3 N–H and O–H groups in total. The summed E-state index contributed by atoms with van der Waals surface area (Å²) in [7, 11) is 0. The van der Waals surface area contributed by atoms with Crippen molar-refractivity contribution >= 4 is 29.0 Å². The van der Waals surface area contributed by atoms with Crippen LogP contribution in [0, 0.1) is 0 Å². The Hall–Kier alpha value is -2.07. The highest BCUT2D eigenvalue weighted by Crippen LogP contribution is 2.13. The minimum absolute atomic E-state index is 0.178. The summed E-state index contributed by atoms with van der Waals surface area (Å²) in [6, 6.07) is 12.3. The third-order valence-electron chi connectivity index (χ3n) is 2.39. The summed E-state index contributed by atoms with van der Waals surface area (Å²) >= 11 is 5.73. The van der Waals surface area contributed by atoms with Gasteiger partial charge in [0.2, 0.25) is 5.91 Å². The normalized spacial score (nSPS) is 10.1. The van der Waals surface area contributed by atoms with E-state index in [1.807, 2.05) is 18.2 Å². The second kappa shape index (κ2) is 5.51. The van der Waals surface area contributed by atoms with Gasteiger partial charge >= 0.3 is 0 Å². The van der Waals surface area contributed by atoms with Crippen LogP contribution in [0.25, 0.3) is 0 Å². The molecular weight excluding hydrogens is 250 g/mol. The number of anilines is 2. The summed E-state index contributed by atoms with van der Waals surface area (Å²) < 4.78 is 0. The molecule has 0 atom stereocenters. The Kier molecular flexibility index (Phi) is 3.79. The van der Waals surface area contributed by atoms with Gasteiger partial charge in [-0.1, -0.05) is 35.9 Å². The number of halogens is 1. The van der Waals surface area contributed by atoms with Gasteiger partial charge in [0.1, 0.15) is 11.0 Å². The maximum absolute atomic E-state index is 11.8. The van der Waals surface area contributed by atoms with Crippen LogP contribution in [0.2, 0.25) is 5.15 Å². The maximum atomic E-state index is 11.8. The van der Waals surface area contributed by atoms with Crippen molar-refractivity contribution in [2.75, 3.05) is 11.1 Å². The number of para-hydroxylation sites is 1. The van der Waals surface area contributed by atoms with Crippen LogP contribution in [0.1, 0.15) is 5.56 Å². The van der Waals surface area contributed by atoms with Gasteiger partial charge in [-0.2, -0.15) is 0 Å². The molecule has 0 fully saturated rings.